The first kappa shape index (κ1) is 14.8. The van der Waals surface area contributed by atoms with Gasteiger partial charge in [0.2, 0.25) is 5.03 Å². The van der Waals surface area contributed by atoms with Gasteiger partial charge in [-0.2, -0.15) is 4.31 Å². The molecule has 1 aromatic rings. The Morgan fingerprint density at radius 1 is 1.47 bits per heavy atom. The molecule has 1 fully saturated rings. The lowest BCUT2D eigenvalue weighted by Crippen LogP contribution is -2.46. The van der Waals surface area contributed by atoms with Crippen LogP contribution in [0.2, 0.25) is 5.15 Å². The smallest absolute Gasteiger partial charge is 0.263 e. The third-order valence-electron chi connectivity index (χ3n) is 3.62. The minimum atomic E-state index is -3.77. The first-order valence-electron chi connectivity index (χ1n) is 6.18. The van der Waals surface area contributed by atoms with Crippen LogP contribution < -0.4 is 0 Å². The minimum Gasteiger partial charge on any atom is -0.391 e. The molecule has 8 heteroatoms. The van der Waals surface area contributed by atoms with Gasteiger partial charge in [0.05, 0.1) is 18.5 Å². The Balaban J connectivity index is 2.31. The van der Waals surface area contributed by atoms with Crippen molar-refractivity contribution in [2.75, 3.05) is 7.05 Å². The van der Waals surface area contributed by atoms with Crippen LogP contribution in [0.15, 0.2) is 11.4 Å². The number of imidazole rings is 1. The van der Waals surface area contributed by atoms with E-state index in [9.17, 15) is 13.5 Å². The van der Waals surface area contributed by atoms with Gasteiger partial charge in [0.1, 0.15) is 5.15 Å². The average molecular weight is 308 g/mol. The summed E-state index contributed by atoms with van der Waals surface area (Å²) in [5.74, 6) is 0. The highest BCUT2D eigenvalue weighted by Gasteiger charge is 2.36. The molecular weight excluding hydrogens is 290 g/mol. The zero-order valence-corrected chi connectivity index (χ0v) is 12.5. The van der Waals surface area contributed by atoms with Crippen LogP contribution >= 0.6 is 11.6 Å². The first-order valence-corrected chi connectivity index (χ1v) is 8.00. The van der Waals surface area contributed by atoms with Gasteiger partial charge < -0.3 is 9.67 Å². The van der Waals surface area contributed by atoms with Gasteiger partial charge >= 0.3 is 0 Å². The summed E-state index contributed by atoms with van der Waals surface area (Å²) >= 11 is 5.94. The number of aliphatic hydroxyl groups excluding tert-OH is 1. The van der Waals surface area contributed by atoms with Crippen molar-refractivity contribution in [1.29, 1.82) is 0 Å². The lowest BCUT2D eigenvalue weighted by atomic mass is 9.93. The highest BCUT2D eigenvalue weighted by atomic mass is 35.5. The molecule has 0 bridgehead atoms. The number of likely N-dealkylation sites (N-methyl/N-ethyl adjacent to an activating group) is 1. The Bertz CT molecular complexity index is 558. The predicted octanol–water partition coefficient (Wildman–Crippen LogP) is 0.997. The number of sulfonamides is 1. The topological polar surface area (TPSA) is 75.4 Å². The van der Waals surface area contributed by atoms with Crippen molar-refractivity contribution in [3.8, 4) is 0 Å². The largest absolute Gasteiger partial charge is 0.391 e. The molecule has 6 nitrogen and oxygen atoms in total. The molecule has 2 rings (SSSR count). The van der Waals surface area contributed by atoms with Crippen LogP contribution in [0.5, 0.6) is 0 Å². The Labute approximate surface area is 118 Å². The van der Waals surface area contributed by atoms with Crippen LogP contribution in [0.3, 0.4) is 0 Å². The van der Waals surface area contributed by atoms with Crippen LogP contribution in [-0.4, -0.2) is 46.6 Å². The van der Waals surface area contributed by atoms with E-state index < -0.39 is 22.2 Å². The maximum Gasteiger partial charge on any atom is 0.263 e. The summed E-state index contributed by atoms with van der Waals surface area (Å²) in [6.07, 6.45) is 3.85. The summed E-state index contributed by atoms with van der Waals surface area (Å²) in [5.41, 5.74) is 0. The van der Waals surface area contributed by atoms with Gasteiger partial charge in [-0.05, 0) is 12.8 Å². The van der Waals surface area contributed by atoms with E-state index in [-0.39, 0.29) is 10.2 Å². The molecular formula is C11H18ClN3O3S. The van der Waals surface area contributed by atoms with Gasteiger partial charge in [0.25, 0.3) is 10.0 Å². The van der Waals surface area contributed by atoms with Crippen LogP contribution in [0.4, 0.5) is 0 Å². The summed E-state index contributed by atoms with van der Waals surface area (Å²) in [6, 6.07) is -0.406. The lowest BCUT2D eigenvalue weighted by Gasteiger charge is -2.33. The number of aliphatic hydroxyl groups is 1. The third kappa shape index (κ3) is 2.65. The SMILES string of the molecule is CN(C1CCCCC1O)S(=O)(=O)c1ncn(C)c1Cl. The van der Waals surface area contributed by atoms with Crippen LogP contribution in [0, 0.1) is 0 Å². The molecule has 1 N–H and O–H groups in total. The molecule has 0 aliphatic heterocycles. The molecule has 1 heterocycles. The Hall–Kier alpha value is -0.630. The van der Waals surface area contributed by atoms with Gasteiger partial charge in [0, 0.05) is 14.1 Å². The fourth-order valence-electron chi connectivity index (χ4n) is 2.40. The van der Waals surface area contributed by atoms with E-state index >= 15 is 0 Å². The van der Waals surface area contributed by atoms with Gasteiger partial charge in [-0.1, -0.05) is 24.4 Å². The second-order valence-corrected chi connectivity index (χ2v) is 7.16. The second kappa shape index (κ2) is 5.40. The van der Waals surface area contributed by atoms with Gasteiger partial charge in [-0.3, -0.25) is 0 Å². The van der Waals surface area contributed by atoms with Gasteiger partial charge in [0.15, 0.2) is 0 Å². The molecule has 0 amide bonds. The molecule has 1 aromatic heterocycles. The summed E-state index contributed by atoms with van der Waals surface area (Å²) in [4.78, 5) is 3.85. The summed E-state index contributed by atoms with van der Waals surface area (Å²) in [5, 5.41) is 9.88. The van der Waals surface area contributed by atoms with E-state index in [0.717, 1.165) is 12.8 Å². The van der Waals surface area contributed by atoms with Crippen molar-refractivity contribution in [2.45, 2.75) is 42.9 Å². The Kier molecular flexibility index (Phi) is 4.20. The lowest BCUT2D eigenvalue weighted by molar-refractivity contribution is 0.0637. The van der Waals surface area contributed by atoms with E-state index in [1.165, 1.54) is 22.2 Å². The molecule has 1 aliphatic rings. The summed E-state index contributed by atoms with van der Waals surface area (Å²) < 4.78 is 27.6. The monoisotopic (exact) mass is 307 g/mol. The Morgan fingerprint density at radius 3 is 2.63 bits per heavy atom. The molecule has 2 atom stereocenters. The number of halogens is 1. The van der Waals surface area contributed by atoms with Crippen molar-refractivity contribution >= 4 is 21.6 Å². The second-order valence-electron chi connectivity index (χ2n) is 4.89. The molecule has 108 valence electrons. The Morgan fingerprint density at radius 2 is 2.11 bits per heavy atom. The zero-order chi connectivity index (χ0) is 14.2. The fourth-order valence-corrected chi connectivity index (χ4v) is 4.19. The minimum absolute atomic E-state index is 0.0807. The molecule has 19 heavy (non-hydrogen) atoms. The van der Waals surface area contributed by atoms with Crippen molar-refractivity contribution in [3.05, 3.63) is 11.5 Å². The molecule has 2 unspecified atom stereocenters. The molecule has 0 radical (unpaired) electrons. The van der Waals surface area contributed by atoms with E-state index in [0.29, 0.717) is 12.8 Å². The highest BCUT2D eigenvalue weighted by Crippen LogP contribution is 2.28. The van der Waals surface area contributed by atoms with Gasteiger partial charge in [-0.15, -0.1) is 0 Å². The first-order chi connectivity index (χ1) is 8.85. The predicted molar refractivity (Wildman–Crippen MR) is 71.4 cm³/mol. The number of aryl methyl sites for hydroxylation is 1. The number of rotatable bonds is 3. The number of nitrogens with zero attached hydrogens (tertiary/aromatic N) is 3. The van der Waals surface area contributed by atoms with E-state index in [1.807, 2.05) is 0 Å². The maximum absolute atomic E-state index is 12.5. The van der Waals surface area contributed by atoms with Crippen molar-refractivity contribution in [3.63, 3.8) is 0 Å². The summed E-state index contributed by atoms with van der Waals surface area (Å²) in [7, 11) is -0.671. The maximum atomic E-state index is 12.5. The fraction of sp³-hybridized carbons (Fsp3) is 0.727. The van der Waals surface area contributed by atoms with E-state index in [1.54, 1.807) is 7.05 Å². The average Bonchev–Trinajstić information content (AvgIpc) is 2.70. The van der Waals surface area contributed by atoms with Crippen LogP contribution in [0.1, 0.15) is 25.7 Å². The van der Waals surface area contributed by atoms with Crippen molar-refractivity contribution in [2.24, 2.45) is 7.05 Å². The van der Waals surface area contributed by atoms with Gasteiger partial charge in [-0.25, -0.2) is 13.4 Å². The zero-order valence-electron chi connectivity index (χ0n) is 11.0. The highest BCUT2D eigenvalue weighted by molar-refractivity contribution is 7.89. The molecule has 0 spiro atoms. The molecule has 0 aromatic carbocycles. The van der Waals surface area contributed by atoms with E-state index in [2.05, 4.69) is 4.98 Å². The summed E-state index contributed by atoms with van der Waals surface area (Å²) in [6.45, 7) is 0. The molecule has 1 aliphatic carbocycles. The standard InChI is InChI=1S/C11H18ClN3O3S/c1-14-7-13-11(10(14)12)19(17,18)15(2)8-5-3-4-6-9(8)16/h7-9,16H,3-6H2,1-2H3. The quantitative estimate of drug-likeness (QED) is 0.904. The van der Waals surface area contributed by atoms with Crippen LogP contribution in [-0.2, 0) is 17.1 Å². The normalized spacial score (nSPS) is 24.9. The molecule has 1 saturated carbocycles. The van der Waals surface area contributed by atoms with Crippen LogP contribution in [0.25, 0.3) is 0 Å². The van der Waals surface area contributed by atoms with Crippen molar-refractivity contribution in [1.82, 2.24) is 13.9 Å². The van der Waals surface area contributed by atoms with E-state index in [4.69, 9.17) is 11.6 Å². The number of hydrogen-bond acceptors (Lipinski definition) is 4. The molecule has 0 saturated heterocycles. The number of aromatic nitrogens is 2. The third-order valence-corrected chi connectivity index (χ3v) is 5.99. The van der Waals surface area contributed by atoms with Crippen molar-refractivity contribution < 1.29 is 13.5 Å². The number of hydrogen-bond donors (Lipinski definition) is 1.